The zero-order valence-electron chi connectivity index (χ0n) is 10.3. The highest BCUT2D eigenvalue weighted by molar-refractivity contribution is 5.39. The molecule has 3 aliphatic rings. The van der Waals surface area contributed by atoms with Gasteiger partial charge in [0.2, 0.25) is 0 Å². The van der Waals surface area contributed by atoms with Gasteiger partial charge in [-0.1, -0.05) is 18.2 Å². The molecule has 0 spiro atoms. The van der Waals surface area contributed by atoms with Crippen molar-refractivity contribution in [1.29, 1.82) is 0 Å². The fourth-order valence-electron chi connectivity index (χ4n) is 3.27. The largest absolute Gasteiger partial charge is 0.321 e. The Bertz CT molecular complexity index is 458. The van der Waals surface area contributed by atoms with E-state index >= 15 is 0 Å². The van der Waals surface area contributed by atoms with Gasteiger partial charge in [0, 0.05) is 24.7 Å². The normalized spacial score (nSPS) is 26.6. The van der Waals surface area contributed by atoms with Crippen LogP contribution in [-0.2, 0) is 18.6 Å². The van der Waals surface area contributed by atoms with Crippen LogP contribution in [0.4, 0.5) is 0 Å². The van der Waals surface area contributed by atoms with Gasteiger partial charge in [0.15, 0.2) is 0 Å². The van der Waals surface area contributed by atoms with Crippen molar-refractivity contribution in [2.24, 2.45) is 5.73 Å². The third-order valence-electron chi connectivity index (χ3n) is 4.84. The summed E-state index contributed by atoms with van der Waals surface area (Å²) in [7, 11) is 0. The molecular formula is C15H20N2. The van der Waals surface area contributed by atoms with Gasteiger partial charge in [-0.15, -0.1) is 0 Å². The standard InChI is InChI=1S/C15H20N2/c16-15(6-1-7-15)13-3-2-11-9-17(14-4-5-14)10-12(11)8-13/h2-3,8,14H,1,4-7,9-10,16H2. The lowest BCUT2D eigenvalue weighted by atomic mass is 9.72. The van der Waals surface area contributed by atoms with E-state index in [1.165, 1.54) is 36.0 Å². The molecule has 0 atom stereocenters. The molecule has 0 radical (unpaired) electrons. The minimum absolute atomic E-state index is 0.00201. The highest BCUT2D eigenvalue weighted by Crippen LogP contribution is 2.41. The molecule has 1 heterocycles. The number of nitrogens with two attached hydrogens (primary N) is 1. The molecule has 2 fully saturated rings. The summed E-state index contributed by atoms with van der Waals surface area (Å²) in [5.74, 6) is 0. The van der Waals surface area contributed by atoms with E-state index in [4.69, 9.17) is 5.73 Å². The SMILES string of the molecule is NC1(c2ccc3c(c2)CN(C2CC2)C3)CCC1. The predicted molar refractivity (Wildman–Crippen MR) is 68.4 cm³/mol. The molecular weight excluding hydrogens is 208 g/mol. The highest BCUT2D eigenvalue weighted by Gasteiger charge is 2.36. The van der Waals surface area contributed by atoms with Crippen LogP contribution in [-0.4, -0.2) is 10.9 Å². The van der Waals surface area contributed by atoms with E-state index in [0.29, 0.717) is 0 Å². The molecule has 2 saturated carbocycles. The van der Waals surface area contributed by atoms with Crippen molar-refractivity contribution < 1.29 is 0 Å². The molecule has 0 aromatic heterocycles. The minimum atomic E-state index is 0.00201. The fraction of sp³-hybridized carbons (Fsp3) is 0.600. The van der Waals surface area contributed by atoms with Gasteiger partial charge in [0.25, 0.3) is 0 Å². The summed E-state index contributed by atoms with van der Waals surface area (Å²) in [5.41, 5.74) is 10.9. The lowest BCUT2D eigenvalue weighted by molar-refractivity contribution is 0.253. The molecule has 2 N–H and O–H groups in total. The predicted octanol–water partition coefficient (Wildman–Crippen LogP) is 2.50. The summed E-state index contributed by atoms with van der Waals surface area (Å²) in [6.07, 6.45) is 6.43. The summed E-state index contributed by atoms with van der Waals surface area (Å²) >= 11 is 0. The second kappa shape index (κ2) is 3.33. The van der Waals surface area contributed by atoms with Crippen LogP contribution in [0, 0.1) is 0 Å². The molecule has 4 rings (SSSR count). The third-order valence-corrected chi connectivity index (χ3v) is 4.84. The summed E-state index contributed by atoms with van der Waals surface area (Å²) in [5, 5.41) is 0. The maximum atomic E-state index is 6.41. The van der Waals surface area contributed by atoms with E-state index in [1.54, 1.807) is 0 Å². The van der Waals surface area contributed by atoms with Gasteiger partial charge in [0.1, 0.15) is 0 Å². The Morgan fingerprint density at radius 3 is 2.53 bits per heavy atom. The van der Waals surface area contributed by atoms with Crippen LogP contribution in [0.15, 0.2) is 18.2 Å². The Morgan fingerprint density at radius 1 is 1.12 bits per heavy atom. The highest BCUT2D eigenvalue weighted by atomic mass is 15.2. The summed E-state index contributed by atoms with van der Waals surface area (Å²) in [6.45, 7) is 2.32. The van der Waals surface area contributed by atoms with Crippen LogP contribution in [0.1, 0.15) is 48.8 Å². The second-order valence-corrected chi connectivity index (χ2v) is 6.13. The Balaban J connectivity index is 1.63. The number of nitrogens with zero attached hydrogens (tertiary/aromatic N) is 1. The molecule has 0 bridgehead atoms. The first kappa shape index (κ1) is 10.1. The number of fused-ring (bicyclic) bond motifs is 1. The third kappa shape index (κ3) is 1.54. The maximum absolute atomic E-state index is 6.41. The molecule has 0 saturated heterocycles. The zero-order chi connectivity index (χ0) is 11.5. The van der Waals surface area contributed by atoms with Crippen LogP contribution in [0.25, 0.3) is 0 Å². The minimum Gasteiger partial charge on any atom is -0.321 e. The first-order chi connectivity index (χ1) is 8.24. The molecule has 0 amide bonds. The number of hydrogen-bond acceptors (Lipinski definition) is 2. The first-order valence-corrected chi connectivity index (χ1v) is 6.90. The first-order valence-electron chi connectivity index (χ1n) is 6.90. The van der Waals surface area contributed by atoms with Gasteiger partial charge >= 0.3 is 0 Å². The molecule has 2 aliphatic carbocycles. The van der Waals surface area contributed by atoms with Gasteiger partial charge in [-0.3, -0.25) is 4.90 Å². The molecule has 2 heteroatoms. The molecule has 1 aromatic rings. The Hall–Kier alpha value is -0.860. The van der Waals surface area contributed by atoms with Gasteiger partial charge in [-0.2, -0.15) is 0 Å². The molecule has 90 valence electrons. The number of hydrogen-bond donors (Lipinski definition) is 1. The van der Waals surface area contributed by atoms with E-state index in [2.05, 4.69) is 23.1 Å². The van der Waals surface area contributed by atoms with Crippen molar-refractivity contribution in [3.63, 3.8) is 0 Å². The van der Waals surface area contributed by atoms with Crippen molar-refractivity contribution in [1.82, 2.24) is 4.90 Å². The molecule has 0 unspecified atom stereocenters. The Kier molecular flexibility index (Phi) is 1.98. The van der Waals surface area contributed by atoms with E-state index in [1.807, 2.05) is 0 Å². The van der Waals surface area contributed by atoms with Crippen molar-refractivity contribution >= 4 is 0 Å². The molecule has 1 aliphatic heterocycles. The molecule has 1 aromatic carbocycles. The van der Waals surface area contributed by atoms with Crippen molar-refractivity contribution in [3.05, 3.63) is 34.9 Å². The smallest absolute Gasteiger partial charge is 0.0409 e. The van der Waals surface area contributed by atoms with E-state index in [-0.39, 0.29) is 5.54 Å². The average molecular weight is 228 g/mol. The summed E-state index contributed by atoms with van der Waals surface area (Å²) in [4.78, 5) is 2.62. The van der Waals surface area contributed by atoms with Crippen molar-refractivity contribution in [2.45, 2.75) is 56.8 Å². The summed E-state index contributed by atoms with van der Waals surface area (Å²) < 4.78 is 0. The number of benzene rings is 1. The fourth-order valence-corrected chi connectivity index (χ4v) is 3.27. The average Bonchev–Trinajstić information content (AvgIpc) is 3.05. The summed E-state index contributed by atoms with van der Waals surface area (Å²) in [6, 6.07) is 7.85. The van der Waals surface area contributed by atoms with Crippen LogP contribution < -0.4 is 5.73 Å². The van der Waals surface area contributed by atoms with E-state index in [9.17, 15) is 0 Å². The van der Waals surface area contributed by atoms with Gasteiger partial charge in [-0.05, 0) is 48.8 Å². The lowest BCUT2D eigenvalue weighted by Gasteiger charge is -2.38. The quantitative estimate of drug-likeness (QED) is 0.842. The van der Waals surface area contributed by atoms with Gasteiger partial charge in [0.05, 0.1) is 0 Å². The van der Waals surface area contributed by atoms with Gasteiger partial charge in [-0.25, -0.2) is 0 Å². The lowest BCUT2D eigenvalue weighted by Crippen LogP contribution is -2.43. The van der Waals surface area contributed by atoms with Crippen LogP contribution in [0.3, 0.4) is 0 Å². The molecule has 2 nitrogen and oxygen atoms in total. The van der Waals surface area contributed by atoms with Crippen LogP contribution in [0.2, 0.25) is 0 Å². The van der Waals surface area contributed by atoms with E-state index in [0.717, 1.165) is 32.0 Å². The Morgan fingerprint density at radius 2 is 1.88 bits per heavy atom. The second-order valence-electron chi connectivity index (χ2n) is 6.13. The topological polar surface area (TPSA) is 29.3 Å². The van der Waals surface area contributed by atoms with Crippen LogP contribution >= 0.6 is 0 Å². The zero-order valence-corrected chi connectivity index (χ0v) is 10.3. The van der Waals surface area contributed by atoms with E-state index < -0.39 is 0 Å². The number of rotatable bonds is 2. The monoisotopic (exact) mass is 228 g/mol. The van der Waals surface area contributed by atoms with Gasteiger partial charge < -0.3 is 5.73 Å². The van der Waals surface area contributed by atoms with Crippen molar-refractivity contribution in [3.8, 4) is 0 Å². The van der Waals surface area contributed by atoms with Crippen LogP contribution in [0.5, 0.6) is 0 Å². The molecule has 17 heavy (non-hydrogen) atoms. The Labute approximate surface area is 103 Å². The van der Waals surface area contributed by atoms with Crippen molar-refractivity contribution in [2.75, 3.05) is 0 Å². The maximum Gasteiger partial charge on any atom is 0.0409 e.